The van der Waals surface area contributed by atoms with Crippen LogP contribution in [0.5, 0.6) is 5.75 Å². The number of hydrogen-bond acceptors (Lipinski definition) is 4. The van der Waals surface area contributed by atoms with Crippen molar-refractivity contribution < 1.29 is 9.53 Å². The van der Waals surface area contributed by atoms with E-state index in [1.807, 2.05) is 24.3 Å². The van der Waals surface area contributed by atoms with Gasteiger partial charge in [-0.3, -0.25) is 0 Å². The molecular formula is C45H76N4O2. The third-order valence-electron chi connectivity index (χ3n) is 9.81. The Labute approximate surface area is 313 Å². The van der Waals surface area contributed by atoms with Gasteiger partial charge in [-0.2, -0.15) is 10.2 Å². The number of nitrogens with one attached hydrogen (secondary N) is 2. The summed E-state index contributed by atoms with van der Waals surface area (Å²) >= 11 is 0. The molecule has 0 bridgehead atoms. The van der Waals surface area contributed by atoms with E-state index in [0.29, 0.717) is 0 Å². The van der Waals surface area contributed by atoms with Crippen molar-refractivity contribution in [3.05, 3.63) is 54.1 Å². The Hall–Kier alpha value is -2.89. The van der Waals surface area contributed by atoms with Crippen LogP contribution in [0.15, 0.2) is 58.8 Å². The molecule has 0 atom stereocenters. The lowest BCUT2D eigenvalue weighted by atomic mass is 10.0. The van der Waals surface area contributed by atoms with Crippen molar-refractivity contribution in [2.75, 3.05) is 19.7 Å². The molecule has 2 aromatic rings. The Morgan fingerprint density at radius 2 is 0.843 bits per heavy atom. The molecule has 0 aromatic heterocycles. The van der Waals surface area contributed by atoms with E-state index in [2.05, 4.69) is 59.0 Å². The number of carbonyl (C=O) groups is 1. The maximum absolute atomic E-state index is 12.0. The van der Waals surface area contributed by atoms with Crippen LogP contribution in [0, 0.1) is 0 Å². The Balaban J connectivity index is 1.32. The topological polar surface area (TPSA) is 75.1 Å². The van der Waals surface area contributed by atoms with Crippen molar-refractivity contribution in [3.8, 4) is 5.75 Å². The Morgan fingerprint density at radius 3 is 1.29 bits per heavy atom. The van der Waals surface area contributed by atoms with Gasteiger partial charge in [0, 0.05) is 13.1 Å². The average Bonchev–Trinajstić information content (AvgIpc) is 3.15. The van der Waals surface area contributed by atoms with Crippen LogP contribution in [-0.4, -0.2) is 25.7 Å². The largest absolute Gasteiger partial charge is 0.494 e. The molecule has 0 saturated heterocycles. The molecule has 0 aliphatic carbocycles. The number of urea groups is 1. The minimum absolute atomic E-state index is 0.00183. The fourth-order valence-electron chi connectivity index (χ4n) is 6.47. The summed E-state index contributed by atoms with van der Waals surface area (Å²) in [6, 6.07) is 16.3. The monoisotopic (exact) mass is 705 g/mol. The van der Waals surface area contributed by atoms with Crippen LogP contribution in [0.25, 0.3) is 0 Å². The highest BCUT2D eigenvalue weighted by molar-refractivity contribution is 5.73. The van der Waals surface area contributed by atoms with Gasteiger partial charge in [-0.25, -0.2) is 4.79 Å². The molecule has 2 amide bonds. The molecule has 0 fully saturated rings. The highest BCUT2D eigenvalue weighted by Gasteiger charge is 2.01. The molecular weight excluding hydrogens is 629 g/mol. The van der Waals surface area contributed by atoms with E-state index in [0.717, 1.165) is 62.5 Å². The molecule has 2 rings (SSSR count). The van der Waals surface area contributed by atoms with Crippen molar-refractivity contribution in [2.24, 2.45) is 10.2 Å². The molecule has 51 heavy (non-hydrogen) atoms. The first-order valence-electron chi connectivity index (χ1n) is 21.5. The summed E-state index contributed by atoms with van der Waals surface area (Å²) in [5.74, 6) is 0.887. The zero-order valence-electron chi connectivity index (χ0n) is 33.0. The fraction of sp³-hybridized carbons (Fsp3) is 0.711. The number of amides is 2. The van der Waals surface area contributed by atoms with Crippen molar-refractivity contribution in [1.29, 1.82) is 0 Å². The Morgan fingerprint density at radius 1 is 0.471 bits per heavy atom. The highest BCUT2D eigenvalue weighted by Crippen LogP contribution is 2.22. The van der Waals surface area contributed by atoms with Gasteiger partial charge in [-0.1, -0.05) is 167 Å². The first kappa shape index (κ1) is 44.3. The van der Waals surface area contributed by atoms with E-state index in [-0.39, 0.29) is 6.03 Å². The number of hydrogen-bond donors (Lipinski definition) is 2. The van der Waals surface area contributed by atoms with Crippen LogP contribution >= 0.6 is 0 Å². The van der Waals surface area contributed by atoms with Crippen LogP contribution in [0.1, 0.15) is 186 Å². The lowest BCUT2D eigenvalue weighted by molar-refractivity contribution is 0.240. The van der Waals surface area contributed by atoms with Gasteiger partial charge < -0.3 is 15.4 Å². The molecule has 2 N–H and O–H groups in total. The van der Waals surface area contributed by atoms with E-state index in [1.54, 1.807) is 0 Å². The van der Waals surface area contributed by atoms with Gasteiger partial charge in [0.1, 0.15) is 5.75 Å². The van der Waals surface area contributed by atoms with Gasteiger partial charge in [-0.15, -0.1) is 0 Å². The average molecular weight is 705 g/mol. The minimum Gasteiger partial charge on any atom is -0.494 e. The summed E-state index contributed by atoms with van der Waals surface area (Å²) in [6.45, 7) is 6.85. The summed E-state index contributed by atoms with van der Waals surface area (Å²) in [7, 11) is 0. The van der Waals surface area contributed by atoms with Crippen LogP contribution in [0.4, 0.5) is 16.2 Å². The molecule has 0 aliphatic heterocycles. The van der Waals surface area contributed by atoms with Crippen molar-refractivity contribution in [2.45, 2.75) is 187 Å². The zero-order chi connectivity index (χ0) is 36.3. The highest BCUT2D eigenvalue weighted by atomic mass is 16.5. The SMILES string of the molecule is CCCCCCCCCCCCCCCCNC(=O)NCCCCCCCCCCOc1ccc(N=Nc2ccc(CCCCCC)cc2)cc1. The molecule has 6 nitrogen and oxygen atoms in total. The second-order valence-corrected chi connectivity index (χ2v) is 14.6. The quantitative estimate of drug-likeness (QED) is 0.0562. The first-order valence-corrected chi connectivity index (χ1v) is 21.5. The van der Waals surface area contributed by atoms with E-state index in [9.17, 15) is 4.79 Å². The van der Waals surface area contributed by atoms with Crippen LogP contribution in [0.2, 0.25) is 0 Å². The summed E-state index contributed by atoms with van der Waals surface area (Å²) in [5, 5.41) is 14.8. The predicted molar refractivity (Wildman–Crippen MR) is 219 cm³/mol. The molecule has 0 radical (unpaired) electrons. The van der Waals surface area contributed by atoms with E-state index in [4.69, 9.17) is 4.74 Å². The van der Waals surface area contributed by atoms with Crippen molar-refractivity contribution in [1.82, 2.24) is 10.6 Å². The molecule has 6 heteroatoms. The number of azo groups is 1. The van der Waals surface area contributed by atoms with E-state index < -0.39 is 0 Å². The lowest BCUT2D eigenvalue weighted by Gasteiger charge is -2.08. The summed E-state index contributed by atoms with van der Waals surface area (Å²) < 4.78 is 5.94. The maximum atomic E-state index is 12.0. The normalized spacial score (nSPS) is 11.3. The zero-order valence-corrected chi connectivity index (χ0v) is 33.0. The van der Waals surface area contributed by atoms with Gasteiger partial charge in [-0.05, 0) is 74.1 Å². The Kier molecular flexibility index (Phi) is 28.6. The van der Waals surface area contributed by atoms with Gasteiger partial charge in [0.05, 0.1) is 18.0 Å². The summed E-state index contributed by atoms with van der Waals surface area (Å²) in [5.41, 5.74) is 3.09. The number of unbranched alkanes of at least 4 members (excludes halogenated alkanes) is 23. The number of ether oxygens (including phenoxy) is 1. The molecule has 0 spiro atoms. The van der Waals surface area contributed by atoms with Crippen LogP contribution in [0.3, 0.4) is 0 Å². The fourth-order valence-corrected chi connectivity index (χ4v) is 6.47. The third kappa shape index (κ3) is 26.5. The smallest absolute Gasteiger partial charge is 0.314 e. The van der Waals surface area contributed by atoms with Crippen LogP contribution in [-0.2, 0) is 6.42 Å². The molecule has 0 saturated carbocycles. The molecule has 0 heterocycles. The third-order valence-corrected chi connectivity index (χ3v) is 9.81. The summed E-state index contributed by atoms with van der Waals surface area (Å²) in [6.07, 6.45) is 34.9. The predicted octanol–water partition coefficient (Wildman–Crippen LogP) is 14.5. The van der Waals surface area contributed by atoms with E-state index >= 15 is 0 Å². The number of aryl methyl sites for hydroxylation is 1. The minimum atomic E-state index is -0.00183. The second-order valence-electron chi connectivity index (χ2n) is 14.6. The number of benzene rings is 2. The molecule has 0 unspecified atom stereocenters. The second kappa shape index (κ2) is 33.0. The van der Waals surface area contributed by atoms with Gasteiger partial charge in [0.2, 0.25) is 0 Å². The summed E-state index contributed by atoms with van der Waals surface area (Å²) in [4.78, 5) is 12.0. The number of rotatable bonds is 34. The van der Waals surface area contributed by atoms with Crippen molar-refractivity contribution in [3.63, 3.8) is 0 Å². The van der Waals surface area contributed by atoms with Crippen LogP contribution < -0.4 is 15.4 Å². The molecule has 0 aliphatic rings. The standard InChI is InChI=1S/C45H76N4O2/c1-3-5-7-9-10-11-12-13-14-15-16-19-22-26-38-46-45(50)47-39-27-23-20-17-18-21-24-28-40-51-44-36-34-43(35-37-44)49-48-42-32-30-41(31-33-42)29-25-8-6-4-2/h30-37H,3-29,38-40H2,1-2H3,(H2,46,47,50). The van der Waals surface area contributed by atoms with Gasteiger partial charge in [0.15, 0.2) is 0 Å². The number of nitrogens with zero attached hydrogens (tertiary/aromatic N) is 2. The van der Waals surface area contributed by atoms with Gasteiger partial charge >= 0.3 is 6.03 Å². The van der Waals surface area contributed by atoms with Crippen molar-refractivity contribution >= 4 is 17.4 Å². The van der Waals surface area contributed by atoms with E-state index in [1.165, 1.54) is 153 Å². The lowest BCUT2D eigenvalue weighted by Crippen LogP contribution is -2.36. The first-order chi connectivity index (χ1) is 25.2. The van der Waals surface area contributed by atoms with Gasteiger partial charge in [0.25, 0.3) is 0 Å². The number of carbonyl (C=O) groups excluding carboxylic acids is 1. The Bertz CT molecular complexity index is 1090. The molecule has 288 valence electrons. The maximum Gasteiger partial charge on any atom is 0.314 e. The molecule has 2 aromatic carbocycles.